The maximum atomic E-state index is 11.6. The molecule has 3 atom stereocenters. The zero-order valence-corrected chi connectivity index (χ0v) is 17.8. The van der Waals surface area contributed by atoms with Crippen LogP contribution in [0.25, 0.3) is 0 Å². The normalized spacial score (nSPS) is 16.4. The Balaban J connectivity index is 1.74. The van der Waals surface area contributed by atoms with Crippen LogP contribution in [0.1, 0.15) is 49.1 Å². The average molecular weight is 419 g/mol. The van der Waals surface area contributed by atoms with Gasteiger partial charge in [0.25, 0.3) is 0 Å². The van der Waals surface area contributed by atoms with E-state index in [1.54, 1.807) is 20.3 Å². The van der Waals surface area contributed by atoms with E-state index in [-0.39, 0.29) is 18.0 Å². The molecule has 1 aliphatic rings. The van der Waals surface area contributed by atoms with Crippen molar-refractivity contribution in [1.82, 2.24) is 5.32 Å². The van der Waals surface area contributed by atoms with Gasteiger partial charge in [-0.05, 0) is 55.2 Å². The molecule has 0 aromatic heterocycles. The summed E-state index contributed by atoms with van der Waals surface area (Å²) in [7, 11) is 3.21. The summed E-state index contributed by atoms with van der Waals surface area (Å²) in [5.74, 6) is 1.30. The number of hydrogen-bond acceptors (Lipinski definition) is 5. The van der Waals surface area contributed by atoms with Gasteiger partial charge in [0.15, 0.2) is 11.5 Å². The van der Waals surface area contributed by atoms with Crippen LogP contribution in [0.3, 0.4) is 0 Å². The third kappa shape index (κ3) is 4.66. The van der Waals surface area contributed by atoms with Crippen LogP contribution in [0, 0.1) is 0 Å². The first-order valence-corrected chi connectivity index (χ1v) is 10.00. The molecule has 1 amide bonds. The van der Waals surface area contributed by atoms with Gasteiger partial charge in [-0.3, -0.25) is 4.79 Å². The third-order valence-corrected chi connectivity index (χ3v) is 5.61. The zero-order chi connectivity index (χ0) is 21.1. The van der Waals surface area contributed by atoms with Crippen molar-refractivity contribution in [1.29, 1.82) is 0 Å². The number of anilines is 1. The minimum absolute atomic E-state index is 0.0214. The summed E-state index contributed by atoms with van der Waals surface area (Å²) in [6.45, 7) is 3.96. The maximum Gasteiger partial charge on any atom is 0.224 e. The SMILES string of the molecule is COc1ccc(C(C)NC(C)C(O)c2cc(Cl)c3c(c2)CCC(=O)N3)cc1OC. The van der Waals surface area contributed by atoms with Gasteiger partial charge in [-0.25, -0.2) is 0 Å². The van der Waals surface area contributed by atoms with Gasteiger partial charge in [0.2, 0.25) is 5.91 Å². The quantitative estimate of drug-likeness (QED) is 0.633. The summed E-state index contributed by atoms with van der Waals surface area (Å²) in [4.78, 5) is 11.6. The Labute approximate surface area is 176 Å². The third-order valence-electron chi connectivity index (χ3n) is 5.32. The van der Waals surface area contributed by atoms with E-state index < -0.39 is 6.10 Å². The highest BCUT2D eigenvalue weighted by atomic mass is 35.5. The number of halogens is 1. The summed E-state index contributed by atoms with van der Waals surface area (Å²) in [5, 5.41) is 17.6. The highest BCUT2D eigenvalue weighted by molar-refractivity contribution is 6.34. The van der Waals surface area contributed by atoms with Crippen LogP contribution in [0.15, 0.2) is 30.3 Å². The standard InChI is InChI=1S/C22H27ClN2O4/c1-12(14-5-7-18(28-3)19(11-14)29-4)24-13(2)22(27)16-9-15-6-8-20(26)25-21(15)17(23)10-16/h5,7,9-13,22,24,27H,6,8H2,1-4H3,(H,25,26). The summed E-state index contributed by atoms with van der Waals surface area (Å²) in [5.41, 5.74) is 3.35. The highest BCUT2D eigenvalue weighted by Crippen LogP contribution is 2.35. The number of ether oxygens (including phenoxy) is 2. The van der Waals surface area contributed by atoms with Gasteiger partial charge >= 0.3 is 0 Å². The first-order chi connectivity index (χ1) is 13.8. The molecule has 7 heteroatoms. The predicted octanol–water partition coefficient (Wildman–Crippen LogP) is 4.01. The number of aryl methyl sites for hydroxylation is 1. The molecule has 0 radical (unpaired) electrons. The minimum atomic E-state index is -0.752. The number of hydrogen-bond donors (Lipinski definition) is 3. The first-order valence-electron chi connectivity index (χ1n) is 9.62. The van der Waals surface area contributed by atoms with Gasteiger partial charge in [0, 0.05) is 18.5 Å². The molecule has 0 aliphatic carbocycles. The number of aliphatic hydroxyl groups is 1. The van der Waals surface area contributed by atoms with E-state index in [2.05, 4.69) is 10.6 Å². The summed E-state index contributed by atoms with van der Waals surface area (Å²) < 4.78 is 10.7. The summed E-state index contributed by atoms with van der Waals surface area (Å²) >= 11 is 6.35. The van der Waals surface area contributed by atoms with Crippen molar-refractivity contribution in [2.45, 2.75) is 44.9 Å². The second kappa shape index (κ2) is 9.03. The van der Waals surface area contributed by atoms with Crippen LogP contribution < -0.4 is 20.1 Å². The number of amides is 1. The van der Waals surface area contributed by atoms with E-state index in [1.165, 1.54) is 0 Å². The van der Waals surface area contributed by atoms with Gasteiger partial charge in [-0.1, -0.05) is 23.7 Å². The van der Waals surface area contributed by atoms with Crippen LogP contribution in [0.4, 0.5) is 5.69 Å². The lowest BCUT2D eigenvalue weighted by Crippen LogP contribution is -2.34. The van der Waals surface area contributed by atoms with Gasteiger partial charge in [0.1, 0.15) is 0 Å². The molecule has 2 aromatic rings. The number of rotatable bonds is 7. The fourth-order valence-corrected chi connectivity index (χ4v) is 3.93. The maximum absolute atomic E-state index is 11.6. The molecule has 3 unspecified atom stereocenters. The van der Waals surface area contributed by atoms with Crippen LogP contribution >= 0.6 is 11.6 Å². The van der Waals surface area contributed by atoms with Crippen LogP contribution in [-0.4, -0.2) is 31.3 Å². The first kappa shape index (κ1) is 21.4. The molecule has 0 spiro atoms. The molecule has 6 nitrogen and oxygen atoms in total. The van der Waals surface area contributed by atoms with Gasteiger partial charge in [-0.15, -0.1) is 0 Å². The molecular weight excluding hydrogens is 392 g/mol. The number of carbonyl (C=O) groups is 1. The molecular formula is C22H27ClN2O4. The smallest absolute Gasteiger partial charge is 0.224 e. The van der Waals surface area contributed by atoms with Crippen molar-refractivity contribution in [3.63, 3.8) is 0 Å². The van der Waals surface area contributed by atoms with Crippen molar-refractivity contribution in [3.05, 3.63) is 52.0 Å². The molecule has 29 heavy (non-hydrogen) atoms. The molecule has 3 N–H and O–H groups in total. The van der Waals surface area contributed by atoms with E-state index >= 15 is 0 Å². The number of aliphatic hydroxyl groups excluding tert-OH is 1. The van der Waals surface area contributed by atoms with Crippen LogP contribution in [0.2, 0.25) is 5.02 Å². The Morgan fingerprint density at radius 3 is 2.48 bits per heavy atom. The molecule has 2 aromatic carbocycles. The fraction of sp³-hybridized carbons (Fsp3) is 0.409. The monoisotopic (exact) mass is 418 g/mol. The van der Waals surface area contributed by atoms with Crippen molar-refractivity contribution >= 4 is 23.2 Å². The highest BCUT2D eigenvalue weighted by Gasteiger charge is 2.24. The van der Waals surface area contributed by atoms with Crippen molar-refractivity contribution < 1.29 is 19.4 Å². The van der Waals surface area contributed by atoms with E-state index in [0.717, 1.165) is 16.7 Å². The lowest BCUT2D eigenvalue weighted by molar-refractivity contribution is -0.116. The molecule has 156 valence electrons. The van der Waals surface area contributed by atoms with E-state index in [1.807, 2.05) is 38.1 Å². The predicted molar refractivity (Wildman–Crippen MR) is 114 cm³/mol. The topological polar surface area (TPSA) is 79.8 Å². The minimum Gasteiger partial charge on any atom is -0.493 e. The number of benzene rings is 2. The lowest BCUT2D eigenvalue weighted by atomic mass is 9.95. The Morgan fingerprint density at radius 2 is 1.79 bits per heavy atom. The van der Waals surface area contributed by atoms with Crippen molar-refractivity contribution in [2.24, 2.45) is 0 Å². The number of carbonyl (C=O) groups excluding carboxylic acids is 1. The average Bonchev–Trinajstić information content (AvgIpc) is 2.72. The van der Waals surface area contributed by atoms with Gasteiger partial charge in [-0.2, -0.15) is 0 Å². The zero-order valence-electron chi connectivity index (χ0n) is 17.1. The van der Waals surface area contributed by atoms with Crippen molar-refractivity contribution in [3.8, 4) is 11.5 Å². The fourth-order valence-electron chi connectivity index (χ4n) is 3.64. The molecule has 1 aliphatic heterocycles. The molecule has 0 saturated heterocycles. The van der Waals surface area contributed by atoms with Crippen LogP contribution in [0.5, 0.6) is 11.5 Å². The molecule has 0 fully saturated rings. The Bertz CT molecular complexity index is 903. The second-order valence-corrected chi connectivity index (χ2v) is 7.73. The number of nitrogens with one attached hydrogen (secondary N) is 2. The Hall–Kier alpha value is -2.28. The number of fused-ring (bicyclic) bond motifs is 1. The molecule has 3 rings (SSSR count). The molecule has 0 bridgehead atoms. The van der Waals surface area contributed by atoms with Crippen molar-refractivity contribution in [2.75, 3.05) is 19.5 Å². The number of methoxy groups -OCH3 is 2. The van der Waals surface area contributed by atoms with E-state index in [0.29, 0.717) is 35.1 Å². The van der Waals surface area contributed by atoms with E-state index in [9.17, 15) is 9.90 Å². The van der Waals surface area contributed by atoms with Gasteiger partial charge < -0.3 is 25.2 Å². The second-order valence-electron chi connectivity index (χ2n) is 7.32. The largest absolute Gasteiger partial charge is 0.493 e. The van der Waals surface area contributed by atoms with E-state index in [4.69, 9.17) is 21.1 Å². The van der Waals surface area contributed by atoms with Gasteiger partial charge in [0.05, 0.1) is 31.0 Å². The summed E-state index contributed by atoms with van der Waals surface area (Å²) in [6.07, 6.45) is 0.288. The molecule has 0 saturated carbocycles. The molecule has 1 heterocycles. The lowest BCUT2D eigenvalue weighted by Gasteiger charge is -2.27. The Morgan fingerprint density at radius 1 is 1.07 bits per heavy atom. The Kier molecular flexibility index (Phi) is 6.67. The summed E-state index contributed by atoms with van der Waals surface area (Å²) in [6, 6.07) is 9.15. The van der Waals surface area contributed by atoms with Crippen LogP contribution in [-0.2, 0) is 11.2 Å².